The fourth-order valence-electron chi connectivity index (χ4n) is 0.998. The molecule has 0 bridgehead atoms. The van der Waals surface area contributed by atoms with Crippen molar-refractivity contribution < 1.29 is 18.3 Å². The molecule has 0 spiro atoms. The van der Waals surface area contributed by atoms with Crippen molar-refractivity contribution in [3.05, 3.63) is 21.0 Å². The molecule has 0 aliphatic carbocycles. The third-order valence-electron chi connectivity index (χ3n) is 1.67. The van der Waals surface area contributed by atoms with Crippen LogP contribution in [0.5, 0.6) is 5.75 Å². The van der Waals surface area contributed by atoms with Gasteiger partial charge >= 0.3 is 0 Å². The molecule has 0 atom stereocenters. The summed E-state index contributed by atoms with van der Waals surface area (Å²) >= 11 is 1.66. The van der Waals surface area contributed by atoms with Crippen LogP contribution in [-0.2, 0) is 0 Å². The molecule has 0 saturated carbocycles. The lowest BCUT2D eigenvalue weighted by molar-refractivity contribution is 0.0991. The SMILES string of the molecule is COc1c(C(N)=O)ncc(C(F)F)c1I. The van der Waals surface area contributed by atoms with Gasteiger partial charge in [-0.3, -0.25) is 4.79 Å². The van der Waals surface area contributed by atoms with Gasteiger partial charge in [-0.2, -0.15) is 0 Å². The number of aromatic nitrogens is 1. The Labute approximate surface area is 98.0 Å². The van der Waals surface area contributed by atoms with Gasteiger partial charge in [0.2, 0.25) is 0 Å². The molecule has 1 aromatic heterocycles. The van der Waals surface area contributed by atoms with Gasteiger partial charge in [0, 0.05) is 6.20 Å². The first kappa shape index (κ1) is 12.1. The van der Waals surface area contributed by atoms with E-state index in [2.05, 4.69) is 4.98 Å². The number of carbonyl (C=O) groups is 1. The van der Waals surface area contributed by atoms with Crippen molar-refractivity contribution in [2.75, 3.05) is 7.11 Å². The topological polar surface area (TPSA) is 65.2 Å². The summed E-state index contributed by atoms with van der Waals surface area (Å²) in [5.41, 5.74) is 4.59. The van der Waals surface area contributed by atoms with Gasteiger partial charge in [0.15, 0.2) is 11.4 Å². The minimum atomic E-state index is -2.67. The Morgan fingerprint density at radius 3 is 2.67 bits per heavy atom. The largest absolute Gasteiger partial charge is 0.493 e. The Kier molecular flexibility index (Phi) is 3.77. The number of pyridine rings is 1. The maximum Gasteiger partial charge on any atom is 0.271 e. The van der Waals surface area contributed by atoms with Crippen molar-refractivity contribution in [1.29, 1.82) is 0 Å². The predicted molar refractivity (Wildman–Crippen MR) is 57.0 cm³/mol. The molecule has 0 unspecified atom stereocenters. The van der Waals surface area contributed by atoms with Gasteiger partial charge < -0.3 is 10.5 Å². The molecule has 15 heavy (non-hydrogen) atoms. The third-order valence-corrected chi connectivity index (χ3v) is 2.79. The van der Waals surface area contributed by atoms with Gasteiger partial charge in [0.1, 0.15) is 0 Å². The van der Waals surface area contributed by atoms with Crippen molar-refractivity contribution in [3.63, 3.8) is 0 Å². The Morgan fingerprint density at radius 1 is 1.67 bits per heavy atom. The van der Waals surface area contributed by atoms with Crippen LogP contribution in [0.15, 0.2) is 6.20 Å². The number of rotatable bonds is 3. The second kappa shape index (κ2) is 4.69. The fourth-order valence-corrected chi connectivity index (χ4v) is 1.85. The standard InChI is InChI=1S/C8H7F2IN2O2/c1-15-6-4(11)3(7(9)10)2-13-5(6)8(12)14/h2,7H,1H3,(H2,12,14). The van der Waals surface area contributed by atoms with Crippen molar-refractivity contribution >= 4 is 28.5 Å². The molecule has 2 N–H and O–H groups in total. The zero-order valence-corrected chi connectivity index (χ0v) is 9.79. The number of alkyl halides is 2. The smallest absolute Gasteiger partial charge is 0.271 e. The van der Waals surface area contributed by atoms with Crippen LogP contribution in [0.1, 0.15) is 22.5 Å². The van der Waals surface area contributed by atoms with E-state index in [-0.39, 0.29) is 20.6 Å². The first-order valence-electron chi connectivity index (χ1n) is 3.79. The molecule has 1 amide bonds. The number of nitrogens with two attached hydrogens (primary N) is 1. The summed E-state index contributed by atoms with van der Waals surface area (Å²) in [6, 6.07) is 0. The molecule has 4 nitrogen and oxygen atoms in total. The first-order valence-corrected chi connectivity index (χ1v) is 4.87. The maximum atomic E-state index is 12.5. The predicted octanol–water partition coefficient (Wildman–Crippen LogP) is 1.73. The second-order valence-corrected chi connectivity index (χ2v) is 3.65. The summed E-state index contributed by atoms with van der Waals surface area (Å²) in [5, 5.41) is 0. The fraction of sp³-hybridized carbons (Fsp3) is 0.250. The van der Waals surface area contributed by atoms with E-state index in [1.807, 2.05) is 0 Å². The van der Waals surface area contributed by atoms with Crippen LogP contribution in [0, 0.1) is 3.57 Å². The molecule has 1 heterocycles. The minimum absolute atomic E-state index is 0.0131. The summed E-state index contributed by atoms with van der Waals surface area (Å²) in [7, 11) is 1.26. The highest BCUT2D eigenvalue weighted by molar-refractivity contribution is 14.1. The lowest BCUT2D eigenvalue weighted by Crippen LogP contribution is -2.16. The van der Waals surface area contributed by atoms with E-state index in [0.29, 0.717) is 0 Å². The number of methoxy groups -OCH3 is 1. The van der Waals surface area contributed by atoms with Gasteiger partial charge in [0.05, 0.1) is 16.2 Å². The quantitative estimate of drug-likeness (QED) is 0.860. The van der Waals surface area contributed by atoms with Crippen LogP contribution < -0.4 is 10.5 Å². The molecular weight excluding hydrogens is 321 g/mol. The highest BCUT2D eigenvalue weighted by Gasteiger charge is 2.21. The molecular formula is C8H7F2IN2O2. The normalized spacial score (nSPS) is 10.5. The number of primary amides is 1. The average molecular weight is 328 g/mol. The summed E-state index contributed by atoms with van der Waals surface area (Å²) in [5.74, 6) is -0.827. The van der Waals surface area contributed by atoms with E-state index in [0.717, 1.165) is 6.20 Å². The highest BCUT2D eigenvalue weighted by Crippen LogP contribution is 2.32. The van der Waals surface area contributed by atoms with Gasteiger partial charge in [0.25, 0.3) is 12.3 Å². The van der Waals surface area contributed by atoms with E-state index in [1.54, 1.807) is 22.6 Å². The van der Waals surface area contributed by atoms with Crippen LogP contribution in [0.2, 0.25) is 0 Å². The summed E-state index contributed by atoms with van der Waals surface area (Å²) < 4.78 is 29.9. The van der Waals surface area contributed by atoms with Crippen LogP contribution in [0.25, 0.3) is 0 Å². The number of nitrogens with zero attached hydrogens (tertiary/aromatic N) is 1. The molecule has 82 valence electrons. The molecule has 1 rings (SSSR count). The molecule has 0 fully saturated rings. The van der Waals surface area contributed by atoms with Crippen LogP contribution in [0.3, 0.4) is 0 Å². The summed E-state index contributed by atoms with van der Waals surface area (Å²) in [4.78, 5) is 14.4. The van der Waals surface area contributed by atoms with Gasteiger partial charge in [-0.05, 0) is 22.6 Å². The number of amides is 1. The number of halogens is 3. The Balaban J connectivity index is 3.39. The molecule has 0 aliphatic rings. The number of ether oxygens (including phenoxy) is 1. The van der Waals surface area contributed by atoms with Crippen molar-refractivity contribution in [1.82, 2.24) is 4.98 Å². The van der Waals surface area contributed by atoms with Crippen molar-refractivity contribution in [2.45, 2.75) is 6.43 Å². The molecule has 0 aliphatic heterocycles. The van der Waals surface area contributed by atoms with Crippen LogP contribution in [0.4, 0.5) is 8.78 Å². The average Bonchev–Trinajstić information content (AvgIpc) is 2.16. The number of carbonyl (C=O) groups excluding carboxylic acids is 1. The lowest BCUT2D eigenvalue weighted by Gasteiger charge is -2.10. The van der Waals surface area contributed by atoms with E-state index in [9.17, 15) is 13.6 Å². The summed E-state index contributed by atoms with van der Waals surface area (Å²) in [6.07, 6.45) is -1.74. The second-order valence-electron chi connectivity index (χ2n) is 2.57. The molecule has 0 aromatic carbocycles. The molecule has 7 heteroatoms. The third kappa shape index (κ3) is 2.33. The lowest BCUT2D eigenvalue weighted by atomic mass is 10.2. The minimum Gasteiger partial charge on any atom is -0.493 e. The van der Waals surface area contributed by atoms with Gasteiger partial charge in [-0.1, -0.05) is 0 Å². The number of hydrogen-bond acceptors (Lipinski definition) is 3. The molecule has 0 radical (unpaired) electrons. The van der Waals surface area contributed by atoms with Crippen molar-refractivity contribution in [3.8, 4) is 5.75 Å². The van der Waals surface area contributed by atoms with E-state index >= 15 is 0 Å². The van der Waals surface area contributed by atoms with E-state index in [1.165, 1.54) is 7.11 Å². The zero-order valence-electron chi connectivity index (χ0n) is 7.63. The van der Waals surface area contributed by atoms with Gasteiger partial charge in [-0.25, -0.2) is 13.8 Å². The summed E-state index contributed by atoms with van der Waals surface area (Å²) in [6.45, 7) is 0. The van der Waals surface area contributed by atoms with Crippen LogP contribution >= 0.6 is 22.6 Å². The molecule has 0 saturated heterocycles. The van der Waals surface area contributed by atoms with E-state index in [4.69, 9.17) is 10.5 Å². The maximum absolute atomic E-state index is 12.5. The van der Waals surface area contributed by atoms with E-state index < -0.39 is 12.3 Å². The molecule has 1 aromatic rings. The first-order chi connectivity index (χ1) is 6.99. The zero-order chi connectivity index (χ0) is 11.6. The monoisotopic (exact) mass is 328 g/mol. The van der Waals surface area contributed by atoms with Crippen molar-refractivity contribution in [2.24, 2.45) is 5.73 Å². The Morgan fingerprint density at radius 2 is 2.27 bits per heavy atom. The number of hydrogen-bond donors (Lipinski definition) is 1. The Hall–Kier alpha value is -0.990. The van der Waals surface area contributed by atoms with Crippen LogP contribution in [-0.4, -0.2) is 18.0 Å². The highest BCUT2D eigenvalue weighted by atomic mass is 127. The Bertz CT molecular complexity index is 398. The van der Waals surface area contributed by atoms with Gasteiger partial charge in [-0.15, -0.1) is 0 Å².